The number of thiophene rings is 1. The molecule has 0 saturated heterocycles. The minimum absolute atomic E-state index is 0.0297. The van der Waals surface area contributed by atoms with Crippen molar-refractivity contribution >= 4 is 17.4 Å². The van der Waals surface area contributed by atoms with E-state index in [9.17, 15) is 18.0 Å². The number of carbonyl (C=O) groups is 1. The Morgan fingerprint density at radius 3 is 2.95 bits per heavy atom. The molecule has 0 fully saturated rings. The summed E-state index contributed by atoms with van der Waals surface area (Å²) in [6.07, 6.45) is -5.50. The van der Waals surface area contributed by atoms with Crippen LogP contribution in [0.3, 0.4) is 0 Å². The highest BCUT2D eigenvalue weighted by molar-refractivity contribution is 7.08. The highest BCUT2D eigenvalue weighted by Crippen LogP contribution is 2.18. The molecule has 0 saturated carbocycles. The highest BCUT2D eigenvalue weighted by atomic mass is 32.1. The number of hydrogen-bond acceptors (Lipinski definition) is 6. The largest absolute Gasteiger partial charge is 0.440 e. The van der Waals surface area contributed by atoms with Crippen molar-refractivity contribution in [3.63, 3.8) is 0 Å². The van der Waals surface area contributed by atoms with Crippen molar-refractivity contribution in [3.05, 3.63) is 22.7 Å². The van der Waals surface area contributed by atoms with Crippen LogP contribution in [0.2, 0.25) is 0 Å². The van der Waals surface area contributed by atoms with Gasteiger partial charge in [0.2, 0.25) is 11.7 Å². The van der Waals surface area contributed by atoms with Crippen LogP contribution >= 0.6 is 11.3 Å². The molecule has 0 spiro atoms. The Morgan fingerprint density at radius 2 is 2.29 bits per heavy atom. The van der Waals surface area contributed by atoms with Crippen molar-refractivity contribution in [1.82, 2.24) is 15.5 Å². The fourth-order valence-electron chi connectivity index (χ4n) is 1.34. The Morgan fingerprint density at radius 1 is 1.48 bits per heavy atom. The van der Waals surface area contributed by atoms with Gasteiger partial charge in [0.25, 0.3) is 0 Å². The first-order valence-electron chi connectivity index (χ1n) is 5.76. The summed E-state index contributed by atoms with van der Waals surface area (Å²) in [5.74, 6) is 0.693. The average Bonchev–Trinajstić information content (AvgIpc) is 3.06. The molecule has 21 heavy (non-hydrogen) atoms. The van der Waals surface area contributed by atoms with Gasteiger partial charge in [-0.3, -0.25) is 0 Å². The third kappa shape index (κ3) is 5.06. The summed E-state index contributed by atoms with van der Waals surface area (Å²) in [4.78, 5) is 15.1. The minimum Gasteiger partial charge on any atom is -0.440 e. The van der Waals surface area contributed by atoms with E-state index in [0.717, 1.165) is 5.56 Å². The Kier molecular flexibility index (Phi) is 4.78. The van der Waals surface area contributed by atoms with Gasteiger partial charge in [0, 0.05) is 23.9 Å². The SMILES string of the molecule is O=C(NCCc1nc(-c2ccsc2)no1)OCC(F)(F)F. The molecule has 10 heteroatoms. The number of alkyl carbamates (subject to hydrolysis) is 1. The lowest BCUT2D eigenvalue weighted by Crippen LogP contribution is -2.30. The maximum atomic E-state index is 11.8. The quantitative estimate of drug-likeness (QED) is 0.916. The molecule has 2 aromatic rings. The van der Waals surface area contributed by atoms with E-state index in [4.69, 9.17) is 4.52 Å². The number of nitrogens with one attached hydrogen (secondary N) is 1. The number of carbonyl (C=O) groups excluding carboxylic acids is 1. The fourth-order valence-corrected chi connectivity index (χ4v) is 1.97. The standard InChI is InChI=1S/C11H10F3N3O3S/c12-11(13,14)6-19-10(18)15-3-1-8-16-9(17-20-8)7-2-4-21-5-7/h2,4-5H,1,3,6H2,(H,15,18). The van der Waals surface area contributed by atoms with Crippen LogP contribution in [0.1, 0.15) is 5.89 Å². The Hall–Kier alpha value is -2.10. The van der Waals surface area contributed by atoms with E-state index in [2.05, 4.69) is 20.2 Å². The van der Waals surface area contributed by atoms with Crippen molar-refractivity contribution in [3.8, 4) is 11.4 Å². The number of halogens is 3. The van der Waals surface area contributed by atoms with E-state index in [1.165, 1.54) is 11.3 Å². The number of ether oxygens (including phenoxy) is 1. The summed E-state index contributed by atoms with van der Waals surface area (Å²) in [6, 6.07) is 1.83. The second-order valence-electron chi connectivity index (χ2n) is 3.89. The second kappa shape index (κ2) is 6.57. The van der Waals surface area contributed by atoms with E-state index >= 15 is 0 Å². The van der Waals surface area contributed by atoms with Crippen LogP contribution in [0.15, 0.2) is 21.3 Å². The lowest BCUT2D eigenvalue weighted by molar-refractivity contribution is -0.160. The molecule has 1 amide bonds. The second-order valence-corrected chi connectivity index (χ2v) is 4.67. The molecule has 114 valence electrons. The van der Waals surface area contributed by atoms with Gasteiger partial charge in [-0.25, -0.2) is 4.79 Å². The fraction of sp³-hybridized carbons (Fsp3) is 0.364. The van der Waals surface area contributed by atoms with Crippen LogP contribution in [0.4, 0.5) is 18.0 Å². The zero-order valence-corrected chi connectivity index (χ0v) is 11.3. The molecule has 0 aromatic carbocycles. The van der Waals surface area contributed by atoms with E-state index in [1.54, 1.807) is 0 Å². The Bertz CT molecular complexity index is 583. The highest BCUT2D eigenvalue weighted by Gasteiger charge is 2.29. The molecule has 0 aliphatic carbocycles. The molecule has 0 aliphatic heterocycles. The maximum absolute atomic E-state index is 11.8. The van der Waals surface area contributed by atoms with Gasteiger partial charge < -0.3 is 14.6 Å². The van der Waals surface area contributed by atoms with E-state index < -0.39 is 18.9 Å². The van der Waals surface area contributed by atoms with Crippen molar-refractivity contribution in [1.29, 1.82) is 0 Å². The number of rotatable bonds is 5. The minimum atomic E-state index is -4.54. The average molecular weight is 321 g/mol. The molecule has 0 aliphatic rings. The molecular formula is C11H10F3N3O3S. The van der Waals surface area contributed by atoms with Crippen LogP contribution in [-0.4, -0.2) is 35.6 Å². The molecule has 0 atom stereocenters. The lowest BCUT2D eigenvalue weighted by atomic mass is 10.3. The van der Waals surface area contributed by atoms with E-state index in [-0.39, 0.29) is 18.9 Å². The predicted molar refractivity (Wildman–Crippen MR) is 66.7 cm³/mol. The summed E-state index contributed by atoms with van der Waals surface area (Å²) in [6.45, 7) is -1.59. The number of amides is 1. The maximum Gasteiger partial charge on any atom is 0.422 e. The molecule has 1 N–H and O–H groups in total. The zero-order chi connectivity index (χ0) is 15.3. The zero-order valence-electron chi connectivity index (χ0n) is 10.5. The summed E-state index contributed by atoms with van der Waals surface area (Å²) in [5.41, 5.74) is 0.813. The first-order valence-corrected chi connectivity index (χ1v) is 6.71. The molecule has 2 rings (SSSR count). The first kappa shape index (κ1) is 15.3. The van der Waals surface area contributed by atoms with Crippen LogP contribution in [0, 0.1) is 0 Å². The summed E-state index contributed by atoms with van der Waals surface area (Å²) in [5, 5.41) is 9.63. The van der Waals surface area contributed by atoms with Crippen molar-refractivity contribution < 1.29 is 27.2 Å². The number of nitrogens with zero attached hydrogens (tertiary/aromatic N) is 2. The smallest absolute Gasteiger partial charge is 0.422 e. The molecule has 2 aromatic heterocycles. The number of alkyl halides is 3. The summed E-state index contributed by atoms with van der Waals surface area (Å²) < 4.78 is 44.3. The lowest BCUT2D eigenvalue weighted by Gasteiger charge is -2.08. The van der Waals surface area contributed by atoms with Gasteiger partial charge in [0.15, 0.2) is 6.61 Å². The van der Waals surface area contributed by atoms with Gasteiger partial charge in [-0.15, -0.1) is 0 Å². The third-order valence-electron chi connectivity index (χ3n) is 2.22. The third-order valence-corrected chi connectivity index (χ3v) is 2.91. The van der Waals surface area contributed by atoms with Gasteiger partial charge >= 0.3 is 12.3 Å². The van der Waals surface area contributed by atoms with Crippen molar-refractivity contribution in [2.45, 2.75) is 12.6 Å². The number of hydrogen-bond donors (Lipinski definition) is 1. The van der Waals surface area contributed by atoms with Crippen molar-refractivity contribution in [2.75, 3.05) is 13.2 Å². The molecule has 0 unspecified atom stereocenters. The van der Waals surface area contributed by atoms with Gasteiger partial charge in [-0.1, -0.05) is 5.16 Å². The molecule has 2 heterocycles. The van der Waals surface area contributed by atoms with Gasteiger partial charge in [-0.2, -0.15) is 29.5 Å². The van der Waals surface area contributed by atoms with E-state index in [0.29, 0.717) is 5.82 Å². The van der Waals surface area contributed by atoms with Crippen molar-refractivity contribution in [2.24, 2.45) is 0 Å². The summed E-state index contributed by atoms with van der Waals surface area (Å²) >= 11 is 1.49. The molecule has 6 nitrogen and oxygen atoms in total. The topological polar surface area (TPSA) is 77.3 Å². The summed E-state index contributed by atoms with van der Waals surface area (Å²) in [7, 11) is 0. The first-order chi connectivity index (χ1) is 9.94. The molecule has 0 radical (unpaired) electrons. The van der Waals surface area contributed by atoms with Gasteiger partial charge in [0.1, 0.15) is 0 Å². The van der Waals surface area contributed by atoms with Crippen LogP contribution in [0.25, 0.3) is 11.4 Å². The monoisotopic (exact) mass is 321 g/mol. The Balaban J connectivity index is 1.73. The normalized spacial score (nSPS) is 11.4. The van der Waals surface area contributed by atoms with E-state index in [1.807, 2.05) is 16.8 Å². The van der Waals surface area contributed by atoms with Crippen LogP contribution in [0.5, 0.6) is 0 Å². The van der Waals surface area contributed by atoms with Gasteiger partial charge in [0.05, 0.1) is 0 Å². The Labute approximate surface area is 120 Å². The van der Waals surface area contributed by atoms with Crippen LogP contribution < -0.4 is 5.32 Å². The van der Waals surface area contributed by atoms with Crippen LogP contribution in [-0.2, 0) is 11.2 Å². The number of aromatic nitrogens is 2. The molecular weight excluding hydrogens is 311 g/mol. The van der Waals surface area contributed by atoms with Gasteiger partial charge in [-0.05, 0) is 11.4 Å². The predicted octanol–water partition coefficient (Wildman–Crippen LogP) is 2.63. The molecule has 0 bridgehead atoms.